The molecule has 0 radical (unpaired) electrons. The van der Waals surface area contributed by atoms with Crippen LogP contribution in [-0.2, 0) is 16.0 Å². The number of rotatable bonds is 4. The Balaban J connectivity index is 1.92. The summed E-state index contributed by atoms with van der Waals surface area (Å²) in [7, 11) is 1.63. The largest absolute Gasteiger partial charge is 0.359 e. The lowest BCUT2D eigenvalue weighted by atomic mass is 9.81. The first-order chi connectivity index (χ1) is 10.4. The fourth-order valence-electron chi connectivity index (χ4n) is 3.00. The van der Waals surface area contributed by atoms with Gasteiger partial charge >= 0.3 is 0 Å². The first kappa shape index (κ1) is 16.5. The number of aryl methyl sites for hydroxylation is 1. The Hall–Kier alpha value is -1.91. The van der Waals surface area contributed by atoms with Crippen molar-refractivity contribution in [2.45, 2.75) is 32.6 Å². The van der Waals surface area contributed by atoms with Gasteiger partial charge in [0.15, 0.2) is 0 Å². The standard InChI is InChI=1S/C17H23FN2O2/c1-17(16(22)19-2)10-3-11-20(12-17)15(21)9-6-13-4-7-14(18)8-5-13/h4-5,7-8H,3,6,9-12H2,1-2H3,(H,19,22). The molecule has 1 aromatic carbocycles. The zero-order valence-electron chi connectivity index (χ0n) is 13.2. The van der Waals surface area contributed by atoms with Crippen molar-refractivity contribution < 1.29 is 14.0 Å². The molecule has 0 saturated carbocycles. The quantitative estimate of drug-likeness (QED) is 0.926. The molecule has 1 atom stereocenters. The van der Waals surface area contributed by atoms with Crippen molar-refractivity contribution in [3.63, 3.8) is 0 Å². The second-order valence-corrected chi connectivity index (χ2v) is 6.19. The van der Waals surface area contributed by atoms with Gasteiger partial charge in [0.2, 0.25) is 11.8 Å². The van der Waals surface area contributed by atoms with Crippen LogP contribution in [0.5, 0.6) is 0 Å². The summed E-state index contributed by atoms with van der Waals surface area (Å²) < 4.78 is 12.9. The van der Waals surface area contributed by atoms with E-state index in [-0.39, 0.29) is 17.6 Å². The van der Waals surface area contributed by atoms with Crippen molar-refractivity contribution >= 4 is 11.8 Å². The third-order valence-electron chi connectivity index (χ3n) is 4.37. The Morgan fingerprint density at radius 3 is 2.64 bits per heavy atom. The van der Waals surface area contributed by atoms with E-state index in [1.54, 1.807) is 24.1 Å². The molecule has 1 aromatic rings. The van der Waals surface area contributed by atoms with Gasteiger partial charge in [-0.05, 0) is 43.9 Å². The van der Waals surface area contributed by atoms with Crippen molar-refractivity contribution in [2.24, 2.45) is 5.41 Å². The molecule has 120 valence electrons. The highest BCUT2D eigenvalue weighted by atomic mass is 19.1. The summed E-state index contributed by atoms with van der Waals surface area (Å²) in [5.74, 6) is -0.227. The Kier molecular flexibility index (Phi) is 5.16. The fraction of sp³-hybridized carbons (Fsp3) is 0.529. The Morgan fingerprint density at radius 2 is 2.00 bits per heavy atom. The maximum atomic E-state index is 12.9. The van der Waals surface area contributed by atoms with Crippen LogP contribution in [-0.4, -0.2) is 36.9 Å². The lowest BCUT2D eigenvalue weighted by Gasteiger charge is -2.39. The number of carbonyl (C=O) groups excluding carboxylic acids is 2. The Morgan fingerprint density at radius 1 is 1.32 bits per heavy atom. The monoisotopic (exact) mass is 306 g/mol. The van der Waals surface area contributed by atoms with Gasteiger partial charge in [0.25, 0.3) is 0 Å². The van der Waals surface area contributed by atoms with Crippen molar-refractivity contribution in [1.82, 2.24) is 10.2 Å². The molecule has 1 heterocycles. The van der Waals surface area contributed by atoms with Crippen LogP contribution >= 0.6 is 0 Å². The molecule has 0 spiro atoms. The van der Waals surface area contributed by atoms with Gasteiger partial charge in [-0.25, -0.2) is 4.39 Å². The molecule has 1 aliphatic rings. The summed E-state index contributed by atoms with van der Waals surface area (Å²) in [5.41, 5.74) is 0.444. The minimum Gasteiger partial charge on any atom is -0.359 e. The van der Waals surface area contributed by atoms with E-state index >= 15 is 0 Å². The van der Waals surface area contributed by atoms with Crippen LogP contribution < -0.4 is 5.32 Å². The number of halogens is 1. The predicted molar refractivity (Wildman–Crippen MR) is 82.7 cm³/mol. The molecule has 0 bridgehead atoms. The minimum atomic E-state index is -0.501. The molecule has 4 nitrogen and oxygen atoms in total. The van der Waals surface area contributed by atoms with Crippen molar-refractivity contribution in [1.29, 1.82) is 0 Å². The van der Waals surface area contributed by atoms with E-state index in [0.29, 0.717) is 25.9 Å². The van der Waals surface area contributed by atoms with Crippen LogP contribution in [0.2, 0.25) is 0 Å². The lowest BCUT2D eigenvalue weighted by Crippen LogP contribution is -2.51. The number of nitrogens with one attached hydrogen (secondary N) is 1. The molecule has 0 aliphatic carbocycles. The molecular weight excluding hydrogens is 283 g/mol. The number of carbonyl (C=O) groups is 2. The van der Waals surface area contributed by atoms with Gasteiger partial charge in [-0.15, -0.1) is 0 Å². The summed E-state index contributed by atoms with van der Waals surface area (Å²) in [6.45, 7) is 3.08. The zero-order valence-corrected chi connectivity index (χ0v) is 13.2. The van der Waals surface area contributed by atoms with E-state index in [1.165, 1.54) is 12.1 Å². The summed E-state index contributed by atoms with van der Waals surface area (Å²) in [6.07, 6.45) is 2.61. The topological polar surface area (TPSA) is 49.4 Å². The van der Waals surface area contributed by atoms with Gasteiger partial charge in [0.1, 0.15) is 5.82 Å². The second-order valence-electron chi connectivity index (χ2n) is 6.19. The highest BCUT2D eigenvalue weighted by Gasteiger charge is 2.38. The maximum absolute atomic E-state index is 12.9. The van der Waals surface area contributed by atoms with E-state index in [9.17, 15) is 14.0 Å². The molecule has 1 aliphatic heterocycles. The summed E-state index contributed by atoms with van der Waals surface area (Å²) in [4.78, 5) is 26.1. The molecule has 0 aromatic heterocycles. The molecule has 2 amide bonds. The third kappa shape index (κ3) is 3.84. The van der Waals surface area contributed by atoms with Crippen LogP contribution in [0.15, 0.2) is 24.3 Å². The van der Waals surface area contributed by atoms with Crippen molar-refractivity contribution in [3.8, 4) is 0 Å². The second kappa shape index (κ2) is 6.90. The summed E-state index contributed by atoms with van der Waals surface area (Å²) >= 11 is 0. The van der Waals surface area contributed by atoms with Crippen LogP contribution in [0.1, 0.15) is 31.7 Å². The maximum Gasteiger partial charge on any atom is 0.227 e. The first-order valence-corrected chi connectivity index (χ1v) is 7.69. The lowest BCUT2D eigenvalue weighted by molar-refractivity contribution is -0.140. The van der Waals surface area contributed by atoms with Crippen LogP contribution in [0.25, 0.3) is 0 Å². The number of benzene rings is 1. The normalized spacial score (nSPS) is 21.5. The van der Waals surface area contributed by atoms with Crippen LogP contribution in [0.4, 0.5) is 4.39 Å². The Labute approximate surface area is 130 Å². The summed E-state index contributed by atoms with van der Waals surface area (Å²) in [6, 6.07) is 6.22. The van der Waals surface area contributed by atoms with Gasteiger partial charge in [-0.1, -0.05) is 12.1 Å². The summed E-state index contributed by atoms with van der Waals surface area (Å²) in [5, 5.41) is 2.69. The molecule has 1 fully saturated rings. The number of likely N-dealkylation sites (tertiary alicyclic amines) is 1. The van der Waals surface area contributed by atoms with Gasteiger partial charge in [0.05, 0.1) is 5.41 Å². The van der Waals surface area contributed by atoms with Gasteiger partial charge in [-0.2, -0.15) is 0 Å². The fourth-order valence-corrected chi connectivity index (χ4v) is 3.00. The average molecular weight is 306 g/mol. The smallest absolute Gasteiger partial charge is 0.227 e. The van der Waals surface area contributed by atoms with E-state index in [0.717, 1.165) is 18.4 Å². The Bertz CT molecular complexity index is 544. The molecule has 1 unspecified atom stereocenters. The number of piperidine rings is 1. The van der Waals surface area contributed by atoms with Crippen molar-refractivity contribution in [2.75, 3.05) is 20.1 Å². The van der Waals surface area contributed by atoms with Crippen molar-refractivity contribution in [3.05, 3.63) is 35.6 Å². The molecule has 1 saturated heterocycles. The van der Waals surface area contributed by atoms with Crippen LogP contribution in [0, 0.1) is 11.2 Å². The molecule has 1 N–H and O–H groups in total. The predicted octanol–water partition coefficient (Wildman–Crippen LogP) is 2.13. The van der Waals surface area contributed by atoms with Gasteiger partial charge in [0, 0.05) is 26.6 Å². The van der Waals surface area contributed by atoms with Gasteiger partial charge < -0.3 is 10.2 Å². The number of nitrogens with zero attached hydrogens (tertiary/aromatic N) is 1. The highest BCUT2D eigenvalue weighted by molar-refractivity contribution is 5.84. The highest BCUT2D eigenvalue weighted by Crippen LogP contribution is 2.30. The SMILES string of the molecule is CNC(=O)C1(C)CCCN(C(=O)CCc2ccc(F)cc2)C1. The van der Waals surface area contributed by atoms with E-state index in [4.69, 9.17) is 0 Å². The third-order valence-corrected chi connectivity index (χ3v) is 4.37. The number of hydrogen-bond acceptors (Lipinski definition) is 2. The molecule has 22 heavy (non-hydrogen) atoms. The van der Waals surface area contributed by atoms with Gasteiger partial charge in [-0.3, -0.25) is 9.59 Å². The minimum absolute atomic E-state index is 0.0106. The number of hydrogen-bond donors (Lipinski definition) is 1. The number of amides is 2. The van der Waals surface area contributed by atoms with E-state index in [1.807, 2.05) is 6.92 Å². The molecular formula is C17H23FN2O2. The zero-order chi connectivity index (χ0) is 16.2. The molecule has 2 rings (SSSR count). The first-order valence-electron chi connectivity index (χ1n) is 7.69. The van der Waals surface area contributed by atoms with E-state index < -0.39 is 5.41 Å². The van der Waals surface area contributed by atoms with E-state index in [2.05, 4.69) is 5.32 Å². The van der Waals surface area contributed by atoms with Crippen LogP contribution in [0.3, 0.4) is 0 Å². The average Bonchev–Trinajstić information content (AvgIpc) is 2.53. The molecule has 5 heteroatoms.